The van der Waals surface area contributed by atoms with Gasteiger partial charge in [0.1, 0.15) is 12.2 Å². The molecule has 3 nitrogen and oxygen atoms in total. The van der Waals surface area contributed by atoms with Crippen LogP contribution in [0.25, 0.3) is 0 Å². The van der Waals surface area contributed by atoms with E-state index in [1.165, 1.54) is 12.5 Å². The maximum Gasteiger partial charge on any atom is 0.303 e. The minimum atomic E-state index is -0.746. The molecule has 1 fully saturated rings. The molecule has 0 unspecified atom stereocenters. The highest BCUT2D eigenvalue weighted by Gasteiger charge is 2.55. The lowest BCUT2D eigenvalue weighted by molar-refractivity contribution is -0.147. The lowest BCUT2D eigenvalue weighted by Crippen LogP contribution is -2.30. The molecule has 2 aliphatic rings. The Morgan fingerprint density at radius 1 is 1.35 bits per heavy atom. The van der Waals surface area contributed by atoms with Crippen LogP contribution in [0.1, 0.15) is 47.5 Å². The van der Waals surface area contributed by atoms with Gasteiger partial charge >= 0.3 is 5.97 Å². The van der Waals surface area contributed by atoms with E-state index in [1.54, 1.807) is 0 Å². The van der Waals surface area contributed by atoms with E-state index in [0.29, 0.717) is 17.3 Å². The summed E-state index contributed by atoms with van der Waals surface area (Å²) in [6.07, 6.45) is 4.93. The van der Waals surface area contributed by atoms with E-state index >= 15 is 0 Å². The monoisotopic (exact) mass is 278 g/mol. The number of rotatable bonds is 1. The molecule has 0 spiro atoms. The Bertz CT molecular complexity index is 459. The van der Waals surface area contributed by atoms with Crippen LogP contribution in [-0.4, -0.2) is 23.3 Å². The zero-order chi connectivity index (χ0) is 15.1. The van der Waals surface area contributed by atoms with Crippen molar-refractivity contribution in [2.75, 3.05) is 0 Å². The second-order valence-corrected chi connectivity index (χ2v) is 6.93. The Morgan fingerprint density at radius 3 is 2.60 bits per heavy atom. The van der Waals surface area contributed by atoms with E-state index in [0.717, 1.165) is 18.4 Å². The molecular formula is C17H26O3. The molecule has 2 aliphatic carbocycles. The molecule has 0 aromatic rings. The Morgan fingerprint density at radius 2 is 2.00 bits per heavy atom. The maximum absolute atomic E-state index is 11.2. The molecule has 3 heteroatoms. The van der Waals surface area contributed by atoms with E-state index in [9.17, 15) is 9.90 Å². The molecule has 2 rings (SSSR count). The summed E-state index contributed by atoms with van der Waals surface area (Å²) < 4.78 is 5.27. The van der Waals surface area contributed by atoms with Crippen molar-refractivity contribution in [1.82, 2.24) is 0 Å². The van der Waals surface area contributed by atoms with Gasteiger partial charge in [-0.2, -0.15) is 0 Å². The van der Waals surface area contributed by atoms with Crippen LogP contribution >= 0.6 is 0 Å². The van der Waals surface area contributed by atoms with Gasteiger partial charge < -0.3 is 9.84 Å². The van der Waals surface area contributed by atoms with Crippen molar-refractivity contribution in [1.29, 1.82) is 0 Å². The Hall–Kier alpha value is -1.09. The molecule has 0 aromatic heterocycles. The van der Waals surface area contributed by atoms with E-state index in [4.69, 9.17) is 4.74 Å². The molecule has 0 heterocycles. The molecule has 112 valence electrons. The van der Waals surface area contributed by atoms with Crippen LogP contribution in [0.4, 0.5) is 0 Å². The normalized spacial score (nSPS) is 41.5. The highest BCUT2D eigenvalue weighted by Crippen LogP contribution is 2.61. The van der Waals surface area contributed by atoms with Crippen LogP contribution in [0.5, 0.6) is 0 Å². The predicted molar refractivity (Wildman–Crippen MR) is 79.1 cm³/mol. The number of aliphatic hydroxyl groups excluding tert-OH is 1. The molecule has 1 N–H and O–H groups in total. The van der Waals surface area contributed by atoms with Crippen LogP contribution in [0.15, 0.2) is 23.3 Å². The number of hydrogen-bond acceptors (Lipinski definition) is 3. The third-order valence-electron chi connectivity index (χ3n) is 4.96. The summed E-state index contributed by atoms with van der Waals surface area (Å²) in [5.74, 6) is 0.867. The first kappa shape index (κ1) is 15.3. The third-order valence-corrected chi connectivity index (χ3v) is 4.96. The standard InChI is InChI=1S/C17H26O3/c1-10-6-7-13-14(17(13,4)5)9-11(2)16(19)15(8-10)20-12(3)18/h8-9,13-16,19H,6-7H2,1-5H3/b10-8-,11-9-/t13-,14+,15+,16-/m1/s1. The molecule has 0 bridgehead atoms. The fraction of sp³-hybridized carbons (Fsp3) is 0.706. The summed E-state index contributed by atoms with van der Waals surface area (Å²) in [4.78, 5) is 11.2. The minimum absolute atomic E-state index is 0.322. The lowest BCUT2D eigenvalue weighted by atomic mass is 9.97. The second kappa shape index (κ2) is 5.36. The highest BCUT2D eigenvalue weighted by atomic mass is 16.6. The molecule has 0 amide bonds. The first-order valence-corrected chi connectivity index (χ1v) is 7.44. The van der Waals surface area contributed by atoms with Gasteiger partial charge in [0.05, 0.1) is 0 Å². The predicted octanol–water partition coefficient (Wildman–Crippen LogP) is 3.24. The van der Waals surface area contributed by atoms with Crippen LogP contribution in [0.2, 0.25) is 0 Å². The summed E-state index contributed by atoms with van der Waals surface area (Å²) in [5, 5.41) is 10.4. The molecule has 0 radical (unpaired) electrons. The van der Waals surface area contributed by atoms with Gasteiger partial charge in [0, 0.05) is 6.92 Å². The van der Waals surface area contributed by atoms with E-state index in [2.05, 4.69) is 19.9 Å². The summed E-state index contributed by atoms with van der Waals surface area (Å²) in [5.41, 5.74) is 2.41. The third kappa shape index (κ3) is 2.98. The Labute approximate surface area is 121 Å². The number of ether oxygens (including phenoxy) is 1. The van der Waals surface area contributed by atoms with Crippen LogP contribution in [0.3, 0.4) is 0 Å². The van der Waals surface area contributed by atoms with Crippen molar-refractivity contribution >= 4 is 5.97 Å². The highest BCUT2D eigenvalue weighted by molar-refractivity contribution is 5.66. The van der Waals surface area contributed by atoms with Gasteiger partial charge in [0.15, 0.2) is 0 Å². The molecule has 0 saturated heterocycles. The number of aliphatic hydroxyl groups is 1. The molecule has 1 saturated carbocycles. The van der Waals surface area contributed by atoms with Gasteiger partial charge in [-0.3, -0.25) is 4.79 Å². The second-order valence-electron chi connectivity index (χ2n) is 6.93. The quantitative estimate of drug-likeness (QED) is 0.591. The van der Waals surface area contributed by atoms with Crippen molar-refractivity contribution in [2.45, 2.75) is 59.7 Å². The van der Waals surface area contributed by atoms with Gasteiger partial charge in [-0.25, -0.2) is 0 Å². The summed E-state index contributed by atoms with van der Waals surface area (Å²) in [6, 6.07) is 0. The van der Waals surface area contributed by atoms with E-state index < -0.39 is 12.2 Å². The SMILES string of the molecule is CC(=O)O[C@H]1/C=C(/C)CC[C@@H]2[C@H](/C=C(/C)[C@H]1O)C2(C)C. The average molecular weight is 278 g/mol. The number of esters is 1. The average Bonchev–Trinajstić information content (AvgIpc) is 2.84. The largest absolute Gasteiger partial charge is 0.455 e. The summed E-state index contributed by atoms with van der Waals surface area (Å²) in [6.45, 7) is 9.94. The summed E-state index contributed by atoms with van der Waals surface area (Å²) in [7, 11) is 0. The number of allylic oxidation sites excluding steroid dienone is 2. The first-order valence-electron chi connectivity index (χ1n) is 7.44. The zero-order valence-electron chi connectivity index (χ0n) is 13.1. The topological polar surface area (TPSA) is 46.5 Å². The Balaban J connectivity index is 2.27. The Kier molecular flexibility index (Phi) is 4.10. The summed E-state index contributed by atoms with van der Waals surface area (Å²) >= 11 is 0. The number of carbonyl (C=O) groups is 1. The lowest BCUT2D eigenvalue weighted by Gasteiger charge is -2.22. The first-order chi connectivity index (χ1) is 9.23. The van der Waals surface area contributed by atoms with Gasteiger partial charge in [-0.05, 0) is 55.6 Å². The molecule has 0 aliphatic heterocycles. The molecular weight excluding hydrogens is 252 g/mol. The van der Waals surface area contributed by atoms with Crippen molar-refractivity contribution in [3.63, 3.8) is 0 Å². The van der Waals surface area contributed by atoms with E-state index in [-0.39, 0.29) is 5.97 Å². The van der Waals surface area contributed by atoms with Crippen molar-refractivity contribution in [3.8, 4) is 0 Å². The maximum atomic E-state index is 11.2. The van der Waals surface area contributed by atoms with Crippen molar-refractivity contribution < 1.29 is 14.6 Å². The number of hydrogen-bond donors (Lipinski definition) is 1. The van der Waals surface area contributed by atoms with Crippen molar-refractivity contribution in [2.24, 2.45) is 17.3 Å². The van der Waals surface area contributed by atoms with Crippen LogP contribution < -0.4 is 0 Å². The van der Waals surface area contributed by atoms with Gasteiger partial charge in [-0.15, -0.1) is 0 Å². The van der Waals surface area contributed by atoms with Gasteiger partial charge in [0.2, 0.25) is 0 Å². The van der Waals surface area contributed by atoms with Crippen LogP contribution in [-0.2, 0) is 9.53 Å². The molecule has 0 aromatic carbocycles. The van der Waals surface area contributed by atoms with Gasteiger partial charge in [-0.1, -0.05) is 25.5 Å². The zero-order valence-corrected chi connectivity index (χ0v) is 13.1. The smallest absolute Gasteiger partial charge is 0.303 e. The van der Waals surface area contributed by atoms with E-state index in [1.807, 2.05) is 19.9 Å². The van der Waals surface area contributed by atoms with Crippen molar-refractivity contribution in [3.05, 3.63) is 23.3 Å². The van der Waals surface area contributed by atoms with Crippen LogP contribution in [0, 0.1) is 17.3 Å². The van der Waals surface area contributed by atoms with Gasteiger partial charge in [0.25, 0.3) is 0 Å². The number of fused-ring (bicyclic) bond motifs is 1. The fourth-order valence-corrected chi connectivity index (χ4v) is 3.44. The minimum Gasteiger partial charge on any atom is -0.455 e. The molecule has 20 heavy (non-hydrogen) atoms. The fourth-order valence-electron chi connectivity index (χ4n) is 3.44. The molecule has 4 atom stereocenters. The number of carbonyl (C=O) groups excluding carboxylic acids is 1.